The fraction of sp³-hybridized carbons (Fsp3) is 0.556. The summed E-state index contributed by atoms with van der Waals surface area (Å²) in [5.74, 6) is 0.536. The van der Waals surface area contributed by atoms with Crippen LogP contribution in [0.1, 0.15) is 57.4 Å². The summed E-state index contributed by atoms with van der Waals surface area (Å²) in [6, 6.07) is 6.93. The SMILES string of the molecule is CNCc1c(C(C)C)n(C)c2ccc(C(C)(C)C)cc12. The van der Waals surface area contributed by atoms with E-state index in [-0.39, 0.29) is 5.41 Å². The topological polar surface area (TPSA) is 17.0 Å². The summed E-state index contributed by atoms with van der Waals surface area (Å²) in [6.07, 6.45) is 0. The van der Waals surface area contributed by atoms with Crippen LogP contribution < -0.4 is 5.32 Å². The van der Waals surface area contributed by atoms with Gasteiger partial charge in [-0.05, 0) is 41.6 Å². The summed E-state index contributed by atoms with van der Waals surface area (Å²) in [4.78, 5) is 0. The lowest BCUT2D eigenvalue weighted by Crippen LogP contribution is -2.11. The molecule has 2 heteroatoms. The van der Waals surface area contributed by atoms with Crippen molar-refractivity contribution in [3.63, 3.8) is 0 Å². The Morgan fingerprint density at radius 3 is 2.35 bits per heavy atom. The Kier molecular flexibility index (Phi) is 3.97. The number of rotatable bonds is 3. The zero-order valence-electron chi connectivity index (χ0n) is 14.0. The predicted octanol–water partition coefficient (Wildman–Crippen LogP) is 4.32. The smallest absolute Gasteiger partial charge is 0.0483 e. The minimum absolute atomic E-state index is 0.193. The quantitative estimate of drug-likeness (QED) is 0.880. The fourth-order valence-corrected chi connectivity index (χ4v) is 3.11. The van der Waals surface area contributed by atoms with Gasteiger partial charge in [-0.1, -0.05) is 40.7 Å². The minimum Gasteiger partial charge on any atom is -0.347 e. The van der Waals surface area contributed by atoms with Crippen molar-refractivity contribution in [2.75, 3.05) is 7.05 Å². The molecule has 110 valence electrons. The molecule has 0 radical (unpaired) electrons. The van der Waals surface area contributed by atoms with Crippen LogP contribution in [0.4, 0.5) is 0 Å². The second-order valence-corrected chi connectivity index (χ2v) is 7.09. The number of hydrogen-bond acceptors (Lipinski definition) is 1. The molecule has 0 spiro atoms. The van der Waals surface area contributed by atoms with Crippen LogP contribution in [0.5, 0.6) is 0 Å². The highest BCUT2D eigenvalue weighted by atomic mass is 15.0. The van der Waals surface area contributed by atoms with Crippen molar-refractivity contribution in [2.45, 2.75) is 52.5 Å². The molecule has 1 aromatic heterocycles. The van der Waals surface area contributed by atoms with Crippen molar-refractivity contribution in [1.82, 2.24) is 9.88 Å². The highest BCUT2D eigenvalue weighted by Gasteiger charge is 2.20. The Bertz CT molecular complexity index is 612. The molecule has 0 aliphatic heterocycles. The van der Waals surface area contributed by atoms with Crippen molar-refractivity contribution in [3.8, 4) is 0 Å². The summed E-state index contributed by atoms with van der Waals surface area (Å²) in [6.45, 7) is 12.3. The molecule has 2 nitrogen and oxygen atoms in total. The van der Waals surface area contributed by atoms with E-state index in [1.807, 2.05) is 7.05 Å². The van der Waals surface area contributed by atoms with Crippen LogP contribution in [0.2, 0.25) is 0 Å². The van der Waals surface area contributed by atoms with Gasteiger partial charge in [0.05, 0.1) is 0 Å². The molecule has 0 aliphatic rings. The Morgan fingerprint density at radius 2 is 1.85 bits per heavy atom. The van der Waals surface area contributed by atoms with E-state index in [0.29, 0.717) is 5.92 Å². The van der Waals surface area contributed by atoms with Gasteiger partial charge in [0, 0.05) is 30.2 Å². The summed E-state index contributed by atoms with van der Waals surface area (Å²) < 4.78 is 2.36. The molecule has 20 heavy (non-hydrogen) atoms. The molecular weight excluding hydrogens is 244 g/mol. The van der Waals surface area contributed by atoms with Crippen LogP contribution in [0.3, 0.4) is 0 Å². The first-order chi connectivity index (χ1) is 9.27. The van der Waals surface area contributed by atoms with E-state index in [9.17, 15) is 0 Å². The van der Waals surface area contributed by atoms with Crippen molar-refractivity contribution >= 4 is 10.9 Å². The third kappa shape index (κ3) is 2.49. The van der Waals surface area contributed by atoms with Crippen LogP contribution >= 0.6 is 0 Å². The Labute approximate surface area is 123 Å². The first kappa shape index (κ1) is 15.1. The van der Waals surface area contributed by atoms with Crippen LogP contribution in [0.15, 0.2) is 18.2 Å². The first-order valence-electron chi connectivity index (χ1n) is 7.53. The Morgan fingerprint density at radius 1 is 1.20 bits per heavy atom. The third-order valence-electron chi connectivity index (χ3n) is 4.12. The van der Waals surface area contributed by atoms with Gasteiger partial charge in [-0.25, -0.2) is 0 Å². The number of aromatic nitrogens is 1. The van der Waals surface area contributed by atoms with E-state index in [4.69, 9.17) is 0 Å². The van der Waals surface area contributed by atoms with Crippen LogP contribution in [-0.2, 0) is 19.0 Å². The molecule has 0 fully saturated rings. The Hall–Kier alpha value is -1.28. The second kappa shape index (κ2) is 5.25. The lowest BCUT2D eigenvalue weighted by atomic mass is 9.86. The van der Waals surface area contributed by atoms with E-state index in [0.717, 1.165) is 6.54 Å². The van der Waals surface area contributed by atoms with Gasteiger partial charge in [0.15, 0.2) is 0 Å². The molecular formula is C18H28N2. The highest BCUT2D eigenvalue weighted by molar-refractivity contribution is 5.86. The maximum atomic E-state index is 3.33. The lowest BCUT2D eigenvalue weighted by Gasteiger charge is -2.19. The van der Waals surface area contributed by atoms with E-state index in [1.54, 1.807) is 0 Å². The average molecular weight is 272 g/mol. The van der Waals surface area contributed by atoms with Gasteiger partial charge in [-0.3, -0.25) is 0 Å². The van der Waals surface area contributed by atoms with Crippen LogP contribution in [-0.4, -0.2) is 11.6 Å². The lowest BCUT2D eigenvalue weighted by molar-refractivity contribution is 0.591. The van der Waals surface area contributed by atoms with E-state index < -0.39 is 0 Å². The number of fused-ring (bicyclic) bond motifs is 1. The number of hydrogen-bond donors (Lipinski definition) is 1. The molecule has 0 bridgehead atoms. The molecule has 0 aliphatic carbocycles. The molecule has 1 heterocycles. The van der Waals surface area contributed by atoms with Crippen molar-refractivity contribution in [3.05, 3.63) is 35.0 Å². The zero-order chi connectivity index (χ0) is 15.1. The maximum absolute atomic E-state index is 3.33. The molecule has 0 saturated carbocycles. The number of nitrogens with zero attached hydrogens (tertiary/aromatic N) is 1. The normalized spacial score (nSPS) is 12.6. The van der Waals surface area contributed by atoms with Gasteiger partial charge < -0.3 is 9.88 Å². The largest absolute Gasteiger partial charge is 0.347 e. The monoisotopic (exact) mass is 272 g/mol. The minimum atomic E-state index is 0.193. The van der Waals surface area contributed by atoms with Gasteiger partial charge in [0.25, 0.3) is 0 Å². The third-order valence-corrected chi connectivity index (χ3v) is 4.12. The standard InChI is InChI=1S/C18H28N2/c1-12(2)17-15(11-19-6)14-10-13(18(3,4)5)8-9-16(14)20(17)7/h8-10,12,19H,11H2,1-7H3. The zero-order valence-corrected chi connectivity index (χ0v) is 14.0. The van der Waals surface area contributed by atoms with Crippen molar-refractivity contribution in [1.29, 1.82) is 0 Å². The first-order valence-corrected chi connectivity index (χ1v) is 7.53. The molecule has 0 amide bonds. The van der Waals surface area contributed by atoms with E-state index >= 15 is 0 Å². The van der Waals surface area contributed by atoms with Crippen molar-refractivity contribution < 1.29 is 0 Å². The van der Waals surface area contributed by atoms with Crippen molar-refractivity contribution in [2.24, 2.45) is 7.05 Å². The molecule has 2 rings (SSSR count). The van der Waals surface area contributed by atoms with Crippen LogP contribution in [0.25, 0.3) is 10.9 Å². The van der Waals surface area contributed by atoms with Gasteiger partial charge in [-0.2, -0.15) is 0 Å². The van der Waals surface area contributed by atoms with Gasteiger partial charge in [-0.15, -0.1) is 0 Å². The summed E-state index contributed by atoms with van der Waals surface area (Å²) in [7, 11) is 4.21. The summed E-state index contributed by atoms with van der Waals surface area (Å²) in [5, 5.41) is 4.73. The molecule has 0 atom stereocenters. The molecule has 1 aromatic carbocycles. The highest BCUT2D eigenvalue weighted by Crippen LogP contribution is 2.33. The number of nitrogens with one attached hydrogen (secondary N) is 1. The fourth-order valence-electron chi connectivity index (χ4n) is 3.11. The molecule has 1 N–H and O–H groups in total. The Balaban J connectivity index is 2.76. The van der Waals surface area contributed by atoms with Gasteiger partial charge in [0.1, 0.15) is 0 Å². The predicted molar refractivity (Wildman–Crippen MR) is 88.5 cm³/mol. The average Bonchev–Trinajstić information content (AvgIpc) is 2.62. The van der Waals surface area contributed by atoms with E-state index in [2.05, 4.69) is 69.7 Å². The van der Waals surface area contributed by atoms with Gasteiger partial charge >= 0.3 is 0 Å². The maximum Gasteiger partial charge on any atom is 0.0483 e. The second-order valence-electron chi connectivity index (χ2n) is 7.09. The van der Waals surface area contributed by atoms with Crippen LogP contribution in [0, 0.1) is 0 Å². The number of aryl methyl sites for hydroxylation is 1. The van der Waals surface area contributed by atoms with Gasteiger partial charge in [0.2, 0.25) is 0 Å². The summed E-state index contributed by atoms with van der Waals surface area (Å²) >= 11 is 0. The molecule has 0 saturated heterocycles. The molecule has 2 aromatic rings. The number of benzene rings is 1. The van der Waals surface area contributed by atoms with E-state index in [1.165, 1.54) is 27.7 Å². The molecule has 0 unspecified atom stereocenters. The summed E-state index contributed by atoms with van der Waals surface area (Å²) in [5.41, 5.74) is 5.83.